The zero-order chi connectivity index (χ0) is 19.8. The minimum Gasteiger partial charge on any atom is -0.0653 e. The quantitative estimate of drug-likeness (QED) is 0.347. The van der Waals surface area contributed by atoms with Crippen molar-refractivity contribution in [1.29, 1.82) is 0 Å². The van der Waals surface area contributed by atoms with E-state index in [4.69, 9.17) is 0 Å². The van der Waals surface area contributed by atoms with Crippen LogP contribution in [0.5, 0.6) is 0 Å². The first-order valence-electron chi connectivity index (χ1n) is 11.9. The van der Waals surface area contributed by atoms with E-state index in [9.17, 15) is 0 Å². The van der Waals surface area contributed by atoms with Gasteiger partial charge >= 0.3 is 0 Å². The fourth-order valence-electron chi connectivity index (χ4n) is 5.11. The highest BCUT2D eigenvalue weighted by Gasteiger charge is 2.33. The van der Waals surface area contributed by atoms with Crippen molar-refractivity contribution in [1.82, 2.24) is 0 Å². The molecule has 0 saturated heterocycles. The van der Waals surface area contributed by atoms with Gasteiger partial charge in [-0.15, -0.1) is 0 Å². The van der Waals surface area contributed by atoms with Crippen LogP contribution in [0.15, 0.2) is 11.6 Å². The van der Waals surface area contributed by atoms with Gasteiger partial charge in [-0.2, -0.15) is 0 Å². The smallest absolute Gasteiger partial charge is 0.0308 e. The molecule has 1 aliphatic rings. The number of hydrogen-bond acceptors (Lipinski definition) is 0. The predicted molar refractivity (Wildman–Crippen MR) is 122 cm³/mol. The molecule has 0 heteroatoms. The molecule has 0 fully saturated rings. The van der Waals surface area contributed by atoms with Gasteiger partial charge in [0, 0.05) is 5.92 Å². The van der Waals surface area contributed by atoms with Crippen LogP contribution < -0.4 is 0 Å². The van der Waals surface area contributed by atoms with E-state index in [-0.39, 0.29) is 0 Å². The Morgan fingerprint density at radius 3 is 1.59 bits per heavy atom. The molecule has 0 aromatic heterocycles. The lowest BCUT2D eigenvalue weighted by atomic mass is 9.82. The summed E-state index contributed by atoms with van der Waals surface area (Å²) in [6, 6.07) is 2.63. The predicted octanol–water partition coefficient (Wildman–Crippen LogP) is 8.63. The number of hydrogen-bond donors (Lipinski definition) is 0. The molecule has 0 saturated carbocycles. The molecule has 0 N–H and O–H groups in total. The number of fused-ring (bicyclic) bond motifs is 1. The van der Waals surface area contributed by atoms with Gasteiger partial charge in [-0.1, -0.05) is 91.7 Å². The molecular weight excluding hydrogens is 324 g/mol. The molecule has 2 rings (SSSR count). The lowest BCUT2D eigenvalue weighted by Crippen LogP contribution is -2.08. The van der Waals surface area contributed by atoms with Gasteiger partial charge in [0.15, 0.2) is 0 Å². The Morgan fingerprint density at radius 1 is 0.519 bits per heavy atom. The van der Waals surface area contributed by atoms with E-state index in [0.717, 1.165) is 0 Å². The maximum absolute atomic E-state index is 2.63. The Morgan fingerprint density at radius 2 is 1.04 bits per heavy atom. The van der Waals surface area contributed by atoms with E-state index in [2.05, 4.69) is 47.6 Å². The molecule has 0 heterocycles. The van der Waals surface area contributed by atoms with Gasteiger partial charge in [-0.25, -0.2) is 0 Å². The molecule has 0 unspecified atom stereocenters. The highest BCUT2D eigenvalue weighted by atomic mass is 14.4. The molecule has 0 nitrogen and oxygen atoms in total. The number of allylic oxidation sites excluding steroid dienone is 2. The molecule has 0 atom stereocenters. The average Bonchev–Trinajstić information content (AvgIpc) is 2.92. The van der Waals surface area contributed by atoms with E-state index in [0.29, 0.717) is 0 Å². The van der Waals surface area contributed by atoms with Crippen molar-refractivity contribution in [3.8, 4) is 0 Å². The molecule has 1 aliphatic carbocycles. The molecule has 1 aromatic carbocycles. The van der Waals surface area contributed by atoms with E-state index in [1.54, 1.807) is 44.9 Å². The van der Waals surface area contributed by atoms with Crippen LogP contribution in [0.4, 0.5) is 0 Å². The molecule has 27 heavy (non-hydrogen) atoms. The fraction of sp³-hybridized carbons (Fsp3) is 0.667. The zero-order valence-corrected chi connectivity index (χ0v) is 19.1. The third kappa shape index (κ3) is 4.69. The summed E-state index contributed by atoms with van der Waals surface area (Å²) in [4.78, 5) is 0. The third-order valence-corrected chi connectivity index (χ3v) is 6.02. The van der Waals surface area contributed by atoms with E-state index < -0.39 is 0 Å². The minimum absolute atomic E-state index is 1.24. The van der Waals surface area contributed by atoms with Gasteiger partial charge in [-0.3, -0.25) is 0 Å². The summed E-state index contributed by atoms with van der Waals surface area (Å²) in [6.07, 6.45) is 15.0. The molecule has 151 valence electrons. The summed E-state index contributed by atoms with van der Waals surface area (Å²) in [5.41, 5.74) is 11.9. The van der Waals surface area contributed by atoms with Gasteiger partial charge < -0.3 is 0 Å². The maximum atomic E-state index is 2.63. The van der Waals surface area contributed by atoms with Crippen LogP contribution in [0.1, 0.15) is 127 Å². The summed E-state index contributed by atoms with van der Waals surface area (Å²) in [6.45, 7) is 14.1. The van der Waals surface area contributed by atoms with Crippen molar-refractivity contribution in [3.63, 3.8) is 0 Å². The lowest BCUT2D eigenvalue weighted by Gasteiger charge is -2.22. The first-order valence-corrected chi connectivity index (χ1v) is 11.9. The third-order valence-electron chi connectivity index (χ3n) is 6.02. The van der Waals surface area contributed by atoms with Gasteiger partial charge in [-0.05, 0) is 71.9 Å². The largest absolute Gasteiger partial charge is 0.0653 e. The second-order valence-corrected chi connectivity index (χ2v) is 8.35. The molecule has 1 radical (unpaired) electrons. The second kappa shape index (κ2) is 11.1. The van der Waals surface area contributed by atoms with Crippen molar-refractivity contribution < 1.29 is 0 Å². The van der Waals surface area contributed by atoms with Crippen LogP contribution in [-0.4, -0.2) is 0 Å². The normalized spacial score (nSPS) is 14.3. The van der Waals surface area contributed by atoms with Gasteiger partial charge in [0.1, 0.15) is 0 Å². The van der Waals surface area contributed by atoms with Crippen LogP contribution in [0.3, 0.4) is 0 Å². The molecule has 0 bridgehead atoms. The van der Waals surface area contributed by atoms with Crippen LogP contribution in [0, 0.1) is 5.92 Å². The number of benzene rings is 1. The number of rotatable bonds is 12. The zero-order valence-electron chi connectivity index (χ0n) is 19.1. The van der Waals surface area contributed by atoms with E-state index >= 15 is 0 Å². The summed E-state index contributed by atoms with van der Waals surface area (Å²) in [5, 5.41) is 0. The molecule has 1 aromatic rings. The molecular formula is C27H43. The minimum atomic E-state index is 1.24. The average molecular weight is 368 g/mol. The lowest BCUT2D eigenvalue weighted by molar-refractivity contribution is 0.793. The molecule has 0 spiro atoms. The second-order valence-electron chi connectivity index (χ2n) is 8.35. The van der Waals surface area contributed by atoms with Crippen molar-refractivity contribution in [2.45, 2.75) is 119 Å². The van der Waals surface area contributed by atoms with Gasteiger partial charge in [0.25, 0.3) is 0 Å². The molecule has 0 amide bonds. The monoisotopic (exact) mass is 367 g/mol. The van der Waals surface area contributed by atoms with E-state index in [1.807, 2.05) is 0 Å². The first-order chi connectivity index (χ1) is 13.2. The van der Waals surface area contributed by atoms with Crippen LogP contribution in [-0.2, 0) is 19.3 Å². The van der Waals surface area contributed by atoms with Crippen LogP contribution >= 0.6 is 0 Å². The highest BCUT2D eigenvalue weighted by Crippen LogP contribution is 2.50. The molecule has 0 aliphatic heterocycles. The van der Waals surface area contributed by atoms with E-state index in [1.165, 1.54) is 77.0 Å². The van der Waals surface area contributed by atoms with Gasteiger partial charge in [0.2, 0.25) is 0 Å². The maximum Gasteiger partial charge on any atom is 0.0308 e. The Hall–Kier alpha value is -1.04. The summed E-state index contributed by atoms with van der Waals surface area (Å²) in [5.74, 6) is 1.70. The Kier molecular flexibility index (Phi) is 9.13. The van der Waals surface area contributed by atoms with Crippen molar-refractivity contribution in [2.75, 3.05) is 0 Å². The first kappa shape index (κ1) is 22.3. The van der Waals surface area contributed by atoms with Crippen LogP contribution in [0.2, 0.25) is 0 Å². The SMILES string of the molecule is CCC[C]1C(CCC)=C(CCC)c2c1cc(CCC)c(CCC)c2CCC. The standard InChI is InChI=1S/C27H43/c1-7-13-20-19-26-23(16-10-4)22(15-9-3)25(18-12-6)27(26)24(17-11-5)21(20)14-8-2/h19H,7-18H2,1-6H3. The highest BCUT2D eigenvalue weighted by molar-refractivity contribution is 5.86. The topological polar surface area (TPSA) is 0 Å². The van der Waals surface area contributed by atoms with Crippen molar-refractivity contribution >= 4 is 5.57 Å². The Balaban J connectivity index is 2.76. The van der Waals surface area contributed by atoms with Crippen molar-refractivity contribution in [3.05, 3.63) is 45.4 Å². The Bertz CT molecular complexity index is 632. The summed E-state index contributed by atoms with van der Waals surface area (Å²) in [7, 11) is 0. The van der Waals surface area contributed by atoms with Crippen molar-refractivity contribution in [2.24, 2.45) is 0 Å². The van der Waals surface area contributed by atoms with Crippen LogP contribution in [0.25, 0.3) is 5.57 Å². The fourth-order valence-corrected chi connectivity index (χ4v) is 5.11. The number of aryl methyl sites for hydroxylation is 1. The Labute approximate surface area is 169 Å². The van der Waals surface area contributed by atoms with Gasteiger partial charge in [0.05, 0.1) is 0 Å². The summed E-state index contributed by atoms with van der Waals surface area (Å²) < 4.78 is 0. The summed E-state index contributed by atoms with van der Waals surface area (Å²) >= 11 is 0.